The van der Waals surface area contributed by atoms with Gasteiger partial charge in [-0.3, -0.25) is 3.11 Å². The summed E-state index contributed by atoms with van der Waals surface area (Å²) in [5, 5.41) is 0. The molecule has 0 unspecified atom stereocenters. The van der Waals surface area contributed by atoms with Gasteiger partial charge in [0.2, 0.25) is 0 Å². The molecular formula is C48H36IN3. The van der Waals surface area contributed by atoms with Gasteiger partial charge < -0.3 is 9.80 Å². The molecular weight excluding hydrogens is 745 g/mol. The Labute approximate surface area is 320 Å². The highest BCUT2D eigenvalue weighted by Crippen LogP contribution is 2.38. The molecule has 0 aliphatic heterocycles. The maximum Gasteiger partial charge on any atom is 0.0646 e. The Bertz CT molecular complexity index is 2060. The molecule has 8 rings (SSSR count). The van der Waals surface area contributed by atoms with Crippen LogP contribution in [0.5, 0.6) is 0 Å². The van der Waals surface area contributed by atoms with E-state index < -0.39 is 0 Å². The first-order chi connectivity index (χ1) is 25.7. The lowest BCUT2D eigenvalue weighted by Gasteiger charge is -2.25. The molecule has 0 aliphatic rings. The number of rotatable bonds is 10. The minimum atomic E-state index is 1.12. The summed E-state index contributed by atoms with van der Waals surface area (Å²) >= 11 is 2.39. The Balaban J connectivity index is 0.966. The van der Waals surface area contributed by atoms with E-state index in [-0.39, 0.29) is 0 Å². The predicted molar refractivity (Wildman–Crippen MR) is 229 cm³/mol. The Kier molecular flexibility index (Phi) is 9.80. The van der Waals surface area contributed by atoms with Gasteiger partial charge in [-0.25, -0.2) is 0 Å². The molecule has 0 heterocycles. The van der Waals surface area contributed by atoms with E-state index >= 15 is 0 Å². The van der Waals surface area contributed by atoms with E-state index in [1.165, 1.54) is 22.3 Å². The Morgan fingerprint density at radius 3 is 0.635 bits per heavy atom. The fourth-order valence-corrected chi connectivity index (χ4v) is 7.17. The highest BCUT2D eigenvalue weighted by atomic mass is 127. The number of anilines is 8. The van der Waals surface area contributed by atoms with Crippen molar-refractivity contribution in [1.29, 1.82) is 0 Å². The minimum absolute atomic E-state index is 1.12. The summed E-state index contributed by atoms with van der Waals surface area (Å²) < 4.78 is 2.20. The van der Waals surface area contributed by atoms with Gasteiger partial charge in [0, 0.05) is 34.1 Å². The molecule has 0 saturated heterocycles. The van der Waals surface area contributed by atoms with E-state index in [9.17, 15) is 0 Å². The van der Waals surface area contributed by atoms with Crippen molar-refractivity contribution in [3.63, 3.8) is 0 Å². The molecule has 0 bridgehead atoms. The first kappa shape index (κ1) is 33.1. The molecule has 0 aromatic heterocycles. The zero-order valence-electron chi connectivity index (χ0n) is 28.5. The highest BCUT2D eigenvalue weighted by Gasteiger charge is 2.14. The SMILES string of the molecule is IN(c1ccc(-c2ccc(N(c3ccccc3)c3ccccc3)cc2)cc1)c1ccc(-c2ccc(N(c3ccccc3)c3ccccc3)cc2)cc1. The first-order valence-corrected chi connectivity index (χ1v) is 18.4. The summed E-state index contributed by atoms with van der Waals surface area (Å²) in [5.41, 5.74) is 13.8. The fraction of sp³-hybridized carbons (Fsp3) is 0. The maximum atomic E-state index is 2.39. The molecule has 8 aromatic rings. The van der Waals surface area contributed by atoms with Gasteiger partial charge in [0.15, 0.2) is 0 Å². The normalized spacial score (nSPS) is 10.8. The van der Waals surface area contributed by atoms with Crippen molar-refractivity contribution in [3.05, 3.63) is 218 Å². The van der Waals surface area contributed by atoms with Gasteiger partial charge >= 0.3 is 0 Å². The molecule has 4 heteroatoms. The van der Waals surface area contributed by atoms with Crippen molar-refractivity contribution in [1.82, 2.24) is 0 Å². The highest BCUT2D eigenvalue weighted by molar-refractivity contribution is 14.1. The first-order valence-electron chi connectivity index (χ1n) is 17.4. The van der Waals surface area contributed by atoms with Gasteiger partial charge in [0.25, 0.3) is 0 Å². The van der Waals surface area contributed by atoms with Crippen molar-refractivity contribution in [2.24, 2.45) is 0 Å². The van der Waals surface area contributed by atoms with Crippen LogP contribution in [0.2, 0.25) is 0 Å². The van der Waals surface area contributed by atoms with Crippen molar-refractivity contribution < 1.29 is 0 Å². The second kappa shape index (κ2) is 15.4. The third kappa shape index (κ3) is 7.20. The standard InChI is InChI=1S/C48H36IN3/c49-52(47-33-25-39(26-34-47)37-21-29-45(30-22-37)50(41-13-5-1-6-14-41)42-15-7-2-8-16-42)48-35-27-40(28-36-48)38-23-31-46(32-24-38)51(43-17-9-3-10-18-43)44-19-11-4-12-20-44/h1-36H. The van der Waals surface area contributed by atoms with Crippen LogP contribution in [-0.2, 0) is 0 Å². The third-order valence-corrected chi connectivity index (χ3v) is 10.3. The number of benzene rings is 8. The lowest BCUT2D eigenvalue weighted by Crippen LogP contribution is -2.09. The van der Waals surface area contributed by atoms with Crippen LogP contribution >= 0.6 is 22.9 Å². The second-order valence-electron chi connectivity index (χ2n) is 12.5. The molecule has 0 amide bonds. The van der Waals surface area contributed by atoms with Gasteiger partial charge in [0.1, 0.15) is 0 Å². The van der Waals surface area contributed by atoms with Gasteiger partial charge in [-0.2, -0.15) is 0 Å². The summed E-state index contributed by atoms with van der Waals surface area (Å²) in [6.07, 6.45) is 0. The van der Waals surface area contributed by atoms with Crippen LogP contribution in [-0.4, -0.2) is 0 Å². The van der Waals surface area contributed by atoms with Crippen molar-refractivity contribution >= 4 is 68.4 Å². The molecule has 0 spiro atoms. The average molecular weight is 782 g/mol. The zero-order chi connectivity index (χ0) is 35.1. The van der Waals surface area contributed by atoms with E-state index in [1.54, 1.807) is 0 Å². The van der Waals surface area contributed by atoms with Crippen LogP contribution in [0.4, 0.5) is 45.5 Å². The second-order valence-corrected chi connectivity index (χ2v) is 13.4. The smallest absolute Gasteiger partial charge is 0.0646 e. The largest absolute Gasteiger partial charge is 0.311 e. The van der Waals surface area contributed by atoms with E-state index in [2.05, 4.69) is 254 Å². The quantitative estimate of drug-likeness (QED) is 0.101. The van der Waals surface area contributed by atoms with Crippen LogP contribution in [0.15, 0.2) is 218 Å². The summed E-state index contributed by atoms with van der Waals surface area (Å²) in [7, 11) is 0. The van der Waals surface area contributed by atoms with E-state index in [1.807, 2.05) is 0 Å². The molecule has 0 aliphatic carbocycles. The summed E-state index contributed by atoms with van der Waals surface area (Å²) in [4.78, 5) is 4.57. The summed E-state index contributed by atoms with van der Waals surface area (Å²) in [6, 6.07) is 77.2. The Hall–Kier alpha value is -6.11. The lowest BCUT2D eigenvalue weighted by molar-refractivity contribution is 1.28. The van der Waals surface area contributed by atoms with Crippen LogP contribution < -0.4 is 12.9 Å². The van der Waals surface area contributed by atoms with Gasteiger partial charge in [-0.15, -0.1) is 0 Å². The molecule has 250 valence electrons. The van der Waals surface area contributed by atoms with Gasteiger partial charge in [-0.1, -0.05) is 121 Å². The van der Waals surface area contributed by atoms with E-state index in [0.29, 0.717) is 0 Å². The molecule has 0 radical (unpaired) electrons. The molecule has 0 fully saturated rings. The minimum Gasteiger partial charge on any atom is -0.311 e. The van der Waals surface area contributed by atoms with Crippen LogP contribution in [0.3, 0.4) is 0 Å². The van der Waals surface area contributed by atoms with E-state index in [4.69, 9.17) is 0 Å². The molecule has 3 nitrogen and oxygen atoms in total. The van der Waals surface area contributed by atoms with Crippen molar-refractivity contribution in [2.75, 3.05) is 12.9 Å². The molecule has 0 N–H and O–H groups in total. The summed E-state index contributed by atoms with van der Waals surface area (Å²) in [5.74, 6) is 0. The molecule has 0 saturated carbocycles. The Morgan fingerprint density at radius 2 is 0.404 bits per heavy atom. The van der Waals surface area contributed by atoms with Crippen molar-refractivity contribution in [2.45, 2.75) is 0 Å². The van der Waals surface area contributed by atoms with Gasteiger partial charge in [-0.05, 0) is 119 Å². The molecule has 52 heavy (non-hydrogen) atoms. The van der Waals surface area contributed by atoms with Gasteiger partial charge in [0.05, 0.1) is 34.2 Å². The Morgan fingerprint density at radius 1 is 0.212 bits per heavy atom. The number of hydrogen-bond acceptors (Lipinski definition) is 3. The number of halogens is 1. The molecule has 8 aromatic carbocycles. The number of nitrogens with zero attached hydrogens (tertiary/aromatic N) is 3. The number of para-hydroxylation sites is 4. The predicted octanol–water partition coefficient (Wildman–Crippen LogP) is 14.4. The zero-order valence-corrected chi connectivity index (χ0v) is 30.7. The third-order valence-electron chi connectivity index (χ3n) is 9.16. The maximum absolute atomic E-state index is 2.39. The van der Waals surface area contributed by atoms with Crippen LogP contribution in [0.1, 0.15) is 0 Å². The fourth-order valence-electron chi connectivity index (χ4n) is 6.53. The van der Waals surface area contributed by atoms with Crippen LogP contribution in [0, 0.1) is 0 Å². The molecule has 0 atom stereocenters. The number of hydrogen-bond donors (Lipinski definition) is 0. The average Bonchev–Trinajstić information content (AvgIpc) is 3.23. The van der Waals surface area contributed by atoms with E-state index in [0.717, 1.165) is 45.5 Å². The van der Waals surface area contributed by atoms with Crippen molar-refractivity contribution in [3.8, 4) is 22.3 Å². The topological polar surface area (TPSA) is 9.72 Å². The lowest BCUT2D eigenvalue weighted by atomic mass is 10.0. The summed E-state index contributed by atoms with van der Waals surface area (Å²) in [6.45, 7) is 0. The van der Waals surface area contributed by atoms with Crippen LogP contribution in [0.25, 0.3) is 22.3 Å². The monoisotopic (exact) mass is 781 g/mol.